The number of nitrogens with zero attached hydrogens (tertiary/aromatic N) is 4. The molecule has 0 amide bonds. The van der Waals surface area contributed by atoms with E-state index in [0.29, 0.717) is 5.69 Å². The Morgan fingerprint density at radius 3 is 2.15 bits per heavy atom. The van der Waals surface area contributed by atoms with E-state index in [4.69, 9.17) is 0 Å². The van der Waals surface area contributed by atoms with Crippen LogP contribution < -0.4 is 4.98 Å². The fraction of sp³-hybridized carbons (Fsp3) is 0. The zero-order valence-electron chi connectivity index (χ0n) is 13.3. The van der Waals surface area contributed by atoms with Crippen LogP contribution in [0.4, 0.5) is 8.78 Å². The maximum Gasteiger partial charge on any atom is 0.0657 e. The van der Waals surface area contributed by atoms with Crippen molar-refractivity contribution >= 4 is 0 Å². The van der Waals surface area contributed by atoms with Crippen LogP contribution in [0.15, 0.2) is 73.4 Å². The molecule has 0 aliphatic rings. The first kappa shape index (κ1) is 19.6. The van der Waals surface area contributed by atoms with E-state index in [1.54, 1.807) is 36.8 Å². The fourth-order valence-corrected chi connectivity index (χ4v) is 2.03. The van der Waals surface area contributed by atoms with Crippen LogP contribution in [0.2, 0.25) is 0 Å². The monoisotopic (exact) mass is 527 g/mol. The molecule has 26 heavy (non-hydrogen) atoms. The van der Waals surface area contributed by atoms with Gasteiger partial charge in [0.15, 0.2) is 0 Å². The molecular weight excluding hydrogens is 514 g/mol. The molecule has 0 unspecified atom stereocenters. The van der Waals surface area contributed by atoms with Gasteiger partial charge in [-0.3, -0.25) is 13.8 Å². The molecule has 4 aromatic rings. The van der Waals surface area contributed by atoms with Crippen LogP contribution in [0.1, 0.15) is 0 Å². The summed E-state index contributed by atoms with van der Waals surface area (Å²) in [6.45, 7) is 0. The molecule has 7 heteroatoms. The van der Waals surface area contributed by atoms with Crippen molar-refractivity contribution in [2.75, 3.05) is 0 Å². The van der Waals surface area contributed by atoms with Gasteiger partial charge in [0.05, 0.1) is 5.69 Å². The third-order valence-electron chi connectivity index (χ3n) is 3.17. The molecule has 0 fully saturated rings. The van der Waals surface area contributed by atoms with Gasteiger partial charge in [0.1, 0.15) is 0 Å². The van der Waals surface area contributed by atoms with Gasteiger partial charge >= 0.3 is 0 Å². The zero-order chi connectivity index (χ0) is 17.5. The van der Waals surface area contributed by atoms with Gasteiger partial charge in [0.2, 0.25) is 0 Å². The molecule has 0 atom stereocenters. The molecule has 0 bridgehead atoms. The van der Waals surface area contributed by atoms with Crippen molar-refractivity contribution in [3.05, 3.63) is 91.1 Å². The molecule has 0 spiro atoms. The summed E-state index contributed by atoms with van der Waals surface area (Å²) in [6, 6.07) is 15.2. The Morgan fingerprint density at radius 2 is 1.62 bits per heavy atom. The predicted molar refractivity (Wildman–Crippen MR) is 89.2 cm³/mol. The Balaban J connectivity index is 0.000000184. The van der Waals surface area contributed by atoms with Gasteiger partial charge in [-0.25, -0.2) is 0 Å². The van der Waals surface area contributed by atoms with E-state index >= 15 is 0 Å². The van der Waals surface area contributed by atoms with Crippen molar-refractivity contribution in [1.29, 1.82) is 0 Å². The molecule has 0 aliphatic carbocycles. The summed E-state index contributed by atoms with van der Waals surface area (Å²) in [5.74, 6) is -1.29. The van der Waals surface area contributed by atoms with Crippen molar-refractivity contribution in [2.45, 2.75) is 0 Å². The minimum absolute atomic E-state index is 0. The first-order valence-corrected chi connectivity index (χ1v) is 7.36. The van der Waals surface area contributed by atoms with E-state index < -0.39 is 11.6 Å². The second-order valence-corrected chi connectivity index (χ2v) is 4.88. The van der Waals surface area contributed by atoms with Crippen LogP contribution in [0.3, 0.4) is 0 Å². The van der Waals surface area contributed by atoms with Crippen LogP contribution in [0.25, 0.3) is 22.6 Å². The Labute approximate surface area is 162 Å². The molecule has 4 rings (SSSR count). The minimum atomic E-state index is -0.649. The zero-order valence-corrected chi connectivity index (χ0v) is 15.7. The van der Waals surface area contributed by atoms with Gasteiger partial charge in [0.25, 0.3) is 0 Å². The molecule has 0 saturated heterocycles. The molecule has 3 aromatic heterocycles. The van der Waals surface area contributed by atoms with Crippen LogP contribution in [-0.2, 0) is 20.1 Å². The molecular formula is C19H12F2IrN4-2. The number of imidazole rings is 1. The number of aromatic nitrogens is 4. The van der Waals surface area contributed by atoms with E-state index in [1.807, 2.05) is 18.2 Å². The molecule has 0 N–H and O–H groups in total. The standard InChI is InChI=1S/C11H6F2N.C8H6N3.Ir/c12-8-4-5-9(10(13)7-8)11-3-1-2-6-14-11;1-2-4-10-7(3-1)8-5-9-6-11-8;/h1-4,6-7H;1-6H;/q2*-1;. The Morgan fingerprint density at radius 1 is 0.923 bits per heavy atom. The number of halogens is 2. The van der Waals surface area contributed by atoms with E-state index in [9.17, 15) is 8.78 Å². The van der Waals surface area contributed by atoms with Gasteiger partial charge in [-0.2, -0.15) is 0 Å². The first-order chi connectivity index (χ1) is 12.2. The van der Waals surface area contributed by atoms with Gasteiger partial charge in [-0.15, -0.1) is 12.1 Å². The molecule has 1 radical (unpaired) electrons. The first-order valence-electron chi connectivity index (χ1n) is 7.36. The Kier molecular flexibility index (Phi) is 7.26. The van der Waals surface area contributed by atoms with Crippen molar-refractivity contribution < 1.29 is 28.9 Å². The number of hydrogen-bond donors (Lipinski definition) is 0. The number of rotatable bonds is 2. The number of benzene rings is 1. The molecule has 0 aliphatic heterocycles. The maximum atomic E-state index is 13.2. The average molecular weight is 527 g/mol. The van der Waals surface area contributed by atoms with Crippen molar-refractivity contribution in [3.8, 4) is 22.6 Å². The molecule has 4 nitrogen and oxygen atoms in total. The summed E-state index contributed by atoms with van der Waals surface area (Å²) in [5, 5.41) is 0. The summed E-state index contributed by atoms with van der Waals surface area (Å²) in [4.78, 5) is 15.9. The largest absolute Gasteiger partial charge is 0.449 e. The van der Waals surface area contributed by atoms with Gasteiger partial charge in [0, 0.05) is 44.1 Å². The smallest absolute Gasteiger partial charge is 0.0657 e. The summed E-state index contributed by atoms with van der Waals surface area (Å²) in [5.41, 5.74) is 2.33. The quantitative estimate of drug-likeness (QED) is 0.372. The third kappa shape index (κ3) is 5.12. The normalized spacial score (nSPS) is 9.62. The van der Waals surface area contributed by atoms with Crippen molar-refractivity contribution in [2.24, 2.45) is 0 Å². The summed E-state index contributed by atoms with van der Waals surface area (Å²) < 4.78 is 25.8. The van der Waals surface area contributed by atoms with Crippen LogP contribution in [0.5, 0.6) is 0 Å². The Bertz CT molecular complexity index is 917. The van der Waals surface area contributed by atoms with Crippen molar-refractivity contribution in [3.63, 3.8) is 0 Å². The van der Waals surface area contributed by atoms with Crippen LogP contribution in [-0.4, -0.2) is 15.0 Å². The van der Waals surface area contributed by atoms with Crippen LogP contribution in [0, 0.1) is 17.7 Å². The topological polar surface area (TPSA) is 52.8 Å². The molecule has 133 valence electrons. The van der Waals surface area contributed by atoms with Gasteiger partial charge in [-0.1, -0.05) is 42.4 Å². The molecule has 1 aromatic carbocycles. The summed E-state index contributed by atoms with van der Waals surface area (Å²) in [6.07, 6.45) is 6.50. The SMILES string of the molecule is Fc1c[c-]c(-c2ccccn2)c(F)c1.[Ir].c1ccc(-c2cnc[n-]2)nc1. The van der Waals surface area contributed by atoms with Gasteiger partial charge in [-0.05, 0) is 29.6 Å². The molecule has 3 heterocycles. The summed E-state index contributed by atoms with van der Waals surface area (Å²) >= 11 is 0. The second kappa shape index (κ2) is 9.65. The van der Waals surface area contributed by atoms with Gasteiger partial charge < -0.3 is 15.0 Å². The molecule has 0 saturated carbocycles. The summed E-state index contributed by atoms with van der Waals surface area (Å²) in [7, 11) is 0. The fourth-order valence-electron chi connectivity index (χ4n) is 2.03. The van der Waals surface area contributed by atoms with E-state index in [-0.39, 0.29) is 25.7 Å². The number of hydrogen-bond acceptors (Lipinski definition) is 3. The number of pyridine rings is 2. The maximum absolute atomic E-state index is 13.2. The Hall–Kier alpha value is -2.76. The third-order valence-corrected chi connectivity index (χ3v) is 3.17. The van der Waals surface area contributed by atoms with E-state index in [1.165, 1.54) is 6.33 Å². The van der Waals surface area contributed by atoms with Crippen LogP contribution >= 0.6 is 0 Å². The predicted octanol–water partition coefficient (Wildman–Crippen LogP) is 3.93. The average Bonchev–Trinajstić information content (AvgIpc) is 3.19. The van der Waals surface area contributed by atoms with E-state index in [2.05, 4.69) is 26.0 Å². The van der Waals surface area contributed by atoms with Crippen molar-refractivity contribution in [1.82, 2.24) is 19.9 Å². The minimum Gasteiger partial charge on any atom is -0.449 e. The second-order valence-electron chi connectivity index (χ2n) is 4.88. The van der Waals surface area contributed by atoms with E-state index in [0.717, 1.165) is 23.5 Å².